The van der Waals surface area contributed by atoms with Crippen molar-refractivity contribution < 1.29 is 33.9 Å². The highest BCUT2D eigenvalue weighted by atomic mass is 32.2. The first-order chi connectivity index (χ1) is 29.1. The number of thioether (sulfide) groups is 1. The predicted octanol–water partition coefficient (Wildman–Crippen LogP) is 2.49. The van der Waals surface area contributed by atoms with E-state index in [0.29, 0.717) is 19.4 Å². The molecule has 15 heteroatoms. The molecule has 61 heavy (non-hydrogen) atoms. The molecule has 7 N–H and O–H groups in total. The summed E-state index contributed by atoms with van der Waals surface area (Å²) in [7, 11) is 0. The Morgan fingerprint density at radius 3 is 1.70 bits per heavy atom. The van der Waals surface area contributed by atoms with Crippen LogP contribution in [0.2, 0.25) is 0 Å². The largest absolute Gasteiger partial charge is 0.394 e. The van der Waals surface area contributed by atoms with E-state index in [9.17, 15) is 33.9 Å². The van der Waals surface area contributed by atoms with E-state index in [1.807, 2.05) is 126 Å². The first kappa shape index (κ1) is 46.8. The third kappa shape index (κ3) is 13.9. The summed E-state index contributed by atoms with van der Waals surface area (Å²) in [5.74, 6) is -3.46. The van der Waals surface area contributed by atoms with E-state index >= 15 is 0 Å². The zero-order valence-corrected chi connectivity index (χ0v) is 36.5. The van der Waals surface area contributed by atoms with Gasteiger partial charge in [-0.25, -0.2) is 0 Å². The van der Waals surface area contributed by atoms with Crippen molar-refractivity contribution >= 4 is 47.2 Å². The van der Waals surface area contributed by atoms with Crippen molar-refractivity contribution in [2.45, 2.75) is 119 Å². The number of fused-ring (bicyclic) bond motifs is 1. The molecule has 6 amide bonds. The molecule has 0 unspecified atom stereocenters. The molecule has 0 bridgehead atoms. The second-order valence-electron chi connectivity index (χ2n) is 17.3. The van der Waals surface area contributed by atoms with E-state index in [4.69, 9.17) is 0 Å². The van der Waals surface area contributed by atoms with Crippen molar-refractivity contribution in [2.75, 3.05) is 18.9 Å². The van der Waals surface area contributed by atoms with Gasteiger partial charge in [-0.1, -0.05) is 92.7 Å². The van der Waals surface area contributed by atoms with Gasteiger partial charge >= 0.3 is 0 Å². The van der Waals surface area contributed by atoms with Crippen LogP contribution in [0.1, 0.15) is 65.0 Å². The molecule has 2 fully saturated rings. The highest BCUT2D eigenvalue weighted by Gasteiger charge is 2.45. The van der Waals surface area contributed by atoms with Gasteiger partial charge in [-0.3, -0.25) is 33.7 Å². The zero-order valence-electron chi connectivity index (χ0n) is 35.7. The summed E-state index contributed by atoms with van der Waals surface area (Å²) in [4.78, 5) is 88.9. The molecule has 0 aliphatic carbocycles. The standard InChI is InChI=1S/C46H61N7O7S/c1-29(2)24-33-40(55)48-34(25-30-16-9-6-10-17-30)41(56)49-35(26-31-18-11-7-12-19-31)42(57)51-37(28-61-32-20-13-8-14-21-32)39(45(60)52-46(3,4)5)53-23-15-22-38(53)44(59)50-36(27-54)43(58)47-33/h6-14,16-21,29,33-39,54H,15,22-28H2,1-5H3,(H,47,58)(H,48,55)(H,49,56)(H,50,59)(H,51,57)(H,52,60)/t33-,34+,35+,36+,37+,38+,39+/m1/s1. The minimum Gasteiger partial charge on any atom is -0.394 e. The molecule has 328 valence electrons. The first-order valence-corrected chi connectivity index (χ1v) is 22.1. The Bertz CT molecular complexity index is 1950. The molecular weight excluding hydrogens is 795 g/mol. The minimum atomic E-state index is -1.43. The summed E-state index contributed by atoms with van der Waals surface area (Å²) in [6.07, 6.45) is 1.21. The summed E-state index contributed by atoms with van der Waals surface area (Å²) in [6, 6.07) is 20.1. The topological polar surface area (TPSA) is 198 Å². The average molecular weight is 856 g/mol. The Kier molecular flexibility index (Phi) is 16.9. The second kappa shape index (κ2) is 22.0. The Labute approximate surface area is 363 Å². The fourth-order valence-corrected chi connectivity index (χ4v) is 8.70. The van der Waals surface area contributed by atoms with Gasteiger partial charge in [-0.15, -0.1) is 11.8 Å². The van der Waals surface area contributed by atoms with E-state index in [1.165, 1.54) is 11.8 Å². The van der Waals surface area contributed by atoms with Gasteiger partial charge in [-0.2, -0.15) is 0 Å². The molecule has 2 saturated heterocycles. The summed E-state index contributed by atoms with van der Waals surface area (Å²) in [5, 5.41) is 27.9. The van der Waals surface area contributed by atoms with Gasteiger partial charge in [0.25, 0.3) is 0 Å². The lowest BCUT2D eigenvalue weighted by atomic mass is 9.99. The third-order valence-corrected chi connectivity index (χ3v) is 11.7. The van der Waals surface area contributed by atoms with E-state index in [1.54, 1.807) is 4.90 Å². The summed E-state index contributed by atoms with van der Waals surface area (Å²) < 4.78 is 0. The van der Waals surface area contributed by atoms with E-state index < -0.39 is 89.9 Å². The van der Waals surface area contributed by atoms with Gasteiger partial charge in [0.05, 0.1) is 18.7 Å². The molecular formula is C46H61N7O7S. The van der Waals surface area contributed by atoms with Crippen LogP contribution in [0.25, 0.3) is 0 Å². The summed E-state index contributed by atoms with van der Waals surface area (Å²) >= 11 is 1.43. The number of nitrogens with one attached hydrogen (secondary N) is 6. The summed E-state index contributed by atoms with van der Waals surface area (Å²) in [5.41, 5.74) is 0.823. The lowest BCUT2D eigenvalue weighted by Crippen LogP contribution is -2.66. The Hall–Kier alpha value is -5.25. The molecule has 7 atom stereocenters. The van der Waals surface area contributed by atoms with Gasteiger partial charge in [0, 0.05) is 29.0 Å². The van der Waals surface area contributed by atoms with Crippen LogP contribution in [0.3, 0.4) is 0 Å². The quantitative estimate of drug-likeness (QED) is 0.142. The number of benzene rings is 3. The highest BCUT2D eigenvalue weighted by molar-refractivity contribution is 7.99. The Balaban J connectivity index is 1.63. The smallest absolute Gasteiger partial charge is 0.245 e. The van der Waals surface area contributed by atoms with Crippen LogP contribution in [0.4, 0.5) is 0 Å². The number of amides is 6. The number of hydrogen-bond donors (Lipinski definition) is 7. The van der Waals surface area contributed by atoms with Gasteiger partial charge in [0.2, 0.25) is 35.4 Å². The van der Waals surface area contributed by atoms with Crippen LogP contribution in [0, 0.1) is 5.92 Å². The van der Waals surface area contributed by atoms with Crippen LogP contribution in [0.5, 0.6) is 0 Å². The molecule has 0 spiro atoms. The van der Waals surface area contributed by atoms with Crippen LogP contribution >= 0.6 is 11.8 Å². The minimum absolute atomic E-state index is 0.0670. The Morgan fingerprint density at radius 1 is 0.705 bits per heavy atom. The van der Waals surface area contributed by atoms with E-state index in [2.05, 4.69) is 31.9 Å². The van der Waals surface area contributed by atoms with Gasteiger partial charge in [-0.05, 0) is 75.8 Å². The highest BCUT2D eigenvalue weighted by Crippen LogP contribution is 2.27. The third-order valence-electron chi connectivity index (χ3n) is 10.6. The number of carbonyl (C=O) groups is 6. The molecule has 5 rings (SSSR count). The van der Waals surface area contributed by atoms with Gasteiger partial charge in [0.15, 0.2) is 0 Å². The van der Waals surface area contributed by atoms with E-state index in [-0.39, 0.29) is 30.9 Å². The van der Waals surface area contributed by atoms with E-state index in [0.717, 1.165) is 16.0 Å². The van der Waals surface area contributed by atoms with Gasteiger partial charge in [0.1, 0.15) is 30.2 Å². The summed E-state index contributed by atoms with van der Waals surface area (Å²) in [6.45, 7) is 8.86. The maximum Gasteiger partial charge on any atom is 0.245 e. The fraction of sp³-hybridized carbons (Fsp3) is 0.478. The van der Waals surface area contributed by atoms with Crippen LogP contribution < -0.4 is 31.9 Å². The Morgan fingerprint density at radius 2 is 1.18 bits per heavy atom. The monoisotopic (exact) mass is 855 g/mol. The van der Waals surface area contributed by atoms with Crippen LogP contribution in [-0.2, 0) is 41.6 Å². The molecule has 14 nitrogen and oxygen atoms in total. The van der Waals surface area contributed by atoms with Crippen molar-refractivity contribution in [3.8, 4) is 0 Å². The number of aliphatic hydroxyl groups is 1. The van der Waals surface area contributed by atoms with Crippen molar-refractivity contribution in [1.82, 2.24) is 36.8 Å². The van der Waals surface area contributed by atoms with Gasteiger partial charge < -0.3 is 37.0 Å². The average Bonchev–Trinajstić information content (AvgIpc) is 3.70. The number of carbonyl (C=O) groups excluding carboxylic acids is 6. The second-order valence-corrected chi connectivity index (χ2v) is 18.3. The predicted molar refractivity (Wildman–Crippen MR) is 235 cm³/mol. The maximum atomic E-state index is 14.9. The van der Waals surface area contributed by atoms with Crippen molar-refractivity contribution in [2.24, 2.45) is 5.92 Å². The van der Waals surface area contributed by atoms with Crippen molar-refractivity contribution in [3.63, 3.8) is 0 Å². The van der Waals surface area contributed by atoms with Crippen molar-refractivity contribution in [1.29, 1.82) is 0 Å². The number of rotatable bonds is 11. The molecule has 0 saturated carbocycles. The normalized spacial score (nSPS) is 24.9. The van der Waals surface area contributed by atoms with Crippen LogP contribution in [-0.4, -0.2) is 112 Å². The molecule has 2 aliphatic rings. The molecule has 2 aliphatic heterocycles. The first-order valence-electron chi connectivity index (χ1n) is 21.1. The van der Waals surface area contributed by atoms with Crippen molar-refractivity contribution in [3.05, 3.63) is 102 Å². The molecule has 0 aromatic heterocycles. The number of hydrogen-bond acceptors (Lipinski definition) is 9. The lowest BCUT2D eigenvalue weighted by molar-refractivity contribution is -0.138. The van der Waals surface area contributed by atoms with Crippen LogP contribution in [0.15, 0.2) is 95.9 Å². The lowest BCUT2D eigenvalue weighted by Gasteiger charge is -2.39. The molecule has 2 heterocycles. The molecule has 0 radical (unpaired) electrons. The zero-order chi connectivity index (χ0) is 44.1. The fourth-order valence-electron chi connectivity index (χ4n) is 7.71. The molecule has 3 aromatic carbocycles. The molecule has 3 aromatic rings. The SMILES string of the molecule is CC(C)C[C@H]1NC(=O)[C@H](CO)NC(=O)[C@@H]2CCCN2[C@H](C(=O)NC(C)(C)C)[C@H](CSc2ccccc2)NC(=O)[C@H](Cc2ccccc2)NC(=O)[C@H](Cc2ccccc2)NC1=O. The number of aliphatic hydroxyl groups excluding tert-OH is 1. The number of nitrogens with zero attached hydrogens (tertiary/aromatic N) is 1. The maximum absolute atomic E-state index is 14.9.